The third kappa shape index (κ3) is 2.51. The fraction of sp³-hybridized carbons (Fsp3) is 0.562. The molecular weight excluding hydrogens is 270 g/mol. The number of hydrogen-bond donors (Lipinski definition) is 2. The Hall–Kier alpha value is -1.59. The third-order valence-electron chi connectivity index (χ3n) is 4.66. The van der Waals surface area contributed by atoms with Crippen LogP contribution in [0, 0.1) is 18.8 Å². The van der Waals surface area contributed by atoms with Gasteiger partial charge < -0.3 is 19.9 Å². The summed E-state index contributed by atoms with van der Waals surface area (Å²) in [5, 5.41) is 12.8. The van der Waals surface area contributed by atoms with Gasteiger partial charge in [-0.05, 0) is 31.0 Å². The molecular formula is C16H21NO4. The molecule has 1 aromatic rings. The summed E-state index contributed by atoms with van der Waals surface area (Å²) in [5.41, 5.74) is 1.24. The Morgan fingerprint density at radius 1 is 1.52 bits per heavy atom. The quantitative estimate of drug-likeness (QED) is 0.882. The van der Waals surface area contributed by atoms with Crippen LogP contribution in [0.2, 0.25) is 0 Å². The van der Waals surface area contributed by atoms with Crippen LogP contribution in [-0.4, -0.2) is 43.5 Å². The lowest BCUT2D eigenvalue weighted by molar-refractivity contribution is -0.0809. The van der Waals surface area contributed by atoms with E-state index in [4.69, 9.17) is 9.47 Å². The number of ether oxygens (including phenoxy) is 2. The highest BCUT2D eigenvalue weighted by molar-refractivity contribution is 5.95. The lowest BCUT2D eigenvalue weighted by Crippen LogP contribution is -2.62. The zero-order chi connectivity index (χ0) is 15.0. The number of methoxy groups -OCH3 is 1. The van der Waals surface area contributed by atoms with Crippen molar-refractivity contribution in [1.82, 2.24) is 5.32 Å². The van der Waals surface area contributed by atoms with Crippen LogP contribution in [-0.2, 0) is 9.47 Å². The average molecular weight is 291 g/mol. The van der Waals surface area contributed by atoms with E-state index in [-0.39, 0.29) is 29.7 Å². The summed E-state index contributed by atoms with van der Waals surface area (Å²) in [6, 6.07) is 5.08. The van der Waals surface area contributed by atoms with Crippen LogP contribution in [0.5, 0.6) is 5.75 Å². The molecule has 1 saturated carbocycles. The summed E-state index contributed by atoms with van der Waals surface area (Å²) < 4.78 is 10.9. The number of hydrogen-bond acceptors (Lipinski definition) is 4. The molecule has 1 saturated heterocycles. The van der Waals surface area contributed by atoms with Gasteiger partial charge >= 0.3 is 0 Å². The van der Waals surface area contributed by atoms with Crippen LogP contribution in [0.25, 0.3) is 0 Å². The molecule has 5 nitrogen and oxygen atoms in total. The molecule has 0 bridgehead atoms. The van der Waals surface area contributed by atoms with Crippen LogP contribution in [0.4, 0.5) is 0 Å². The second kappa shape index (κ2) is 5.66. The number of fused-ring (bicyclic) bond motifs is 1. The van der Waals surface area contributed by atoms with Crippen molar-refractivity contribution in [2.24, 2.45) is 11.8 Å². The Morgan fingerprint density at radius 3 is 3.05 bits per heavy atom. The fourth-order valence-electron chi connectivity index (χ4n) is 3.42. The van der Waals surface area contributed by atoms with Crippen molar-refractivity contribution in [2.45, 2.75) is 25.5 Å². The predicted molar refractivity (Wildman–Crippen MR) is 77.3 cm³/mol. The maximum Gasteiger partial charge on any atom is 0.251 e. The number of carbonyl (C=O) groups excluding carboxylic acids is 1. The van der Waals surface area contributed by atoms with Crippen molar-refractivity contribution in [2.75, 3.05) is 20.3 Å². The lowest BCUT2D eigenvalue weighted by atomic mass is 9.67. The molecule has 0 aromatic heterocycles. The van der Waals surface area contributed by atoms with Crippen molar-refractivity contribution < 1.29 is 19.4 Å². The van der Waals surface area contributed by atoms with Crippen molar-refractivity contribution in [1.29, 1.82) is 0 Å². The highest BCUT2D eigenvalue weighted by Gasteiger charge is 2.54. The van der Waals surface area contributed by atoms with E-state index in [1.165, 1.54) is 6.07 Å². The van der Waals surface area contributed by atoms with E-state index in [0.29, 0.717) is 18.1 Å². The molecule has 1 aliphatic heterocycles. The zero-order valence-corrected chi connectivity index (χ0v) is 12.3. The molecule has 0 spiro atoms. The largest absolute Gasteiger partial charge is 0.508 e. The van der Waals surface area contributed by atoms with Gasteiger partial charge in [-0.3, -0.25) is 4.79 Å². The van der Waals surface area contributed by atoms with Crippen LogP contribution in [0.3, 0.4) is 0 Å². The number of aromatic hydroxyl groups is 1. The van der Waals surface area contributed by atoms with Crippen LogP contribution in [0.15, 0.2) is 18.2 Å². The topological polar surface area (TPSA) is 67.8 Å². The molecule has 0 radical (unpaired) electrons. The van der Waals surface area contributed by atoms with Gasteiger partial charge in [-0.15, -0.1) is 0 Å². The van der Waals surface area contributed by atoms with Gasteiger partial charge in [0.05, 0.1) is 12.7 Å². The molecule has 5 heteroatoms. The molecule has 1 aromatic carbocycles. The van der Waals surface area contributed by atoms with Gasteiger partial charge in [0.15, 0.2) is 0 Å². The highest BCUT2D eigenvalue weighted by Crippen LogP contribution is 2.43. The Bertz CT molecular complexity index is 545. The normalized spacial score (nSPS) is 30.6. The summed E-state index contributed by atoms with van der Waals surface area (Å²) in [6.07, 6.45) is 1.19. The van der Waals surface area contributed by atoms with Gasteiger partial charge in [0.25, 0.3) is 5.91 Å². The average Bonchev–Trinajstić information content (AvgIpc) is 2.89. The Labute approximate surface area is 124 Å². The molecule has 21 heavy (non-hydrogen) atoms. The van der Waals surface area contributed by atoms with E-state index in [1.54, 1.807) is 26.2 Å². The molecule has 114 valence electrons. The maximum atomic E-state index is 12.3. The molecule has 1 aliphatic carbocycles. The van der Waals surface area contributed by atoms with Gasteiger partial charge in [0.1, 0.15) is 5.75 Å². The Kier molecular flexibility index (Phi) is 3.87. The Morgan fingerprint density at radius 2 is 2.33 bits per heavy atom. The SMILES string of the molecule is COC[C@H]1[C@@H](NC(=O)c2ccc(C)c(O)c2)[C@@H]2CCO[C@@H]21. The van der Waals surface area contributed by atoms with E-state index in [2.05, 4.69) is 5.32 Å². The van der Waals surface area contributed by atoms with Crippen LogP contribution in [0.1, 0.15) is 22.3 Å². The zero-order valence-electron chi connectivity index (χ0n) is 12.3. The second-order valence-corrected chi connectivity index (χ2v) is 5.91. The van der Waals surface area contributed by atoms with Crippen molar-refractivity contribution >= 4 is 5.91 Å². The summed E-state index contributed by atoms with van der Waals surface area (Å²) in [4.78, 5) is 12.3. The van der Waals surface area contributed by atoms with Crippen molar-refractivity contribution in [3.8, 4) is 5.75 Å². The molecule has 2 aliphatic rings. The predicted octanol–water partition coefficient (Wildman–Crippen LogP) is 1.48. The van der Waals surface area contributed by atoms with Gasteiger partial charge in [0.2, 0.25) is 0 Å². The molecule has 1 heterocycles. The third-order valence-corrected chi connectivity index (χ3v) is 4.66. The maximum absolute atomic E-state index is 12.3. The number of phenols is 1. The monoisotopic (exact) mass is 291 g/mol. The minimum Gasteiger partial charge on any atom is -0.508 e. The summed E-state index contributed by atoms with van der Waals surface area (Å²) in [6.45, 7) is 3.15. The second-order valence-electron chi connectivity index (χ2n) is 5.91. The van der Waals surface area contributed by atoms with Crippen LogP contribution >= 0.6 is 0 Å². The summed E-state index contributed by atoms with van der Waals surface area (Å²) in [5.74, 6) is 0.590. The molecule has 2 N–H and O–H groups in total. The van der Waals surface area contributed by atoms with Gasteiger partial charge in [0, 0.05) is 37.2 Å². The van der Waals surface area contributed by atoms with Crippen molar-refractivity contribution in [3.05, 3.63) is 29.3 Å². The number of benzene rings is 1. The molecule has 0 unspecified atom stereocenters. The number of rotatable bonds is 4. The first-order chi connectivity index (χ1) is 10.1. The number of amides is 1. The van der Waals surface area contributed by atoms with Gasteiger partial charge in [-0.2, -0.15) is 0 Å². The standard InChI is InChI=1S/C16H21NO4/c1-9-3-4-10(7-13(9)18)16(19)17-14-11-5-6-21-15(11)12(14)8-20-2/h3-4,7,11-12,14-15,18H,5-6,8H2,1-2H3,(H,17,19)/t11-,12-,14-,15-/m0/s1. The van der Waals surface area contributed by atoms with Gasteiger partial charge in [-0.1, -0.05) is 6.07 Å². The summed E-state index contributed by atoms with van der Waals surface area (Å²) in [7, 11) is 1.67. The van der Waals surface area contributed by atoms with E-state index in [1.807, 2.05) is 0 Å². The van der Waals surface area contributed by atoms with E-state index >= 15 is 0 Å². The number of nitrogens with one attached hydrogen (secondary N) is 1. The first-order valence-corrected chi connectivity index (χ1v) is 7.33. The van der Waals surface area contributed by atoms with E-state index < -0.39 is 0 Å². The molecule has 3 rings (SSSR count). The van der Waals surface area contributed by atoms with E-state index in [9.17, 15) is 9.90 Å². The Balaban J connectivity index is 1.70. The minimum absolute atomic E-state index is 0.0911. The summed E-state index contributed by atoms with van der Waals surface area (Å²) >= 11 is 0. The minimum atomic E-state index is -0.151. The first kappa shape index (κ1) is 14.4. The van der Waals surface area contributed by atoms with Crippen molar-refractivity contribution in [3.63, 3.8) is 0 Å². The number of phenolic OH excluding ortho intramolecular Hbond substituents is 1. The highest BCUT2D eigenvalue weighted by atomic mass is 16.5. The number of carbonyl (C=O) groups is 1. The smallest absolute Gasteiger partial charge is 0.251 e. The van der Waals surface area contributed by atoms with Gasteiger partial charge in [-0.25, -0.2) is 0 Å². The molecule has 4 atom stereocenters. The number of aryl methyl sites for hydroxylation is 1. The molecule has 2 fully saturated rings. The molecule has 1 amide bonds. The van der Waals surface area contributed by atoms with E-state index in [0.717, 1.165) is 18.6 Å². The first-order valence-electron chi connectivity index (χ1n) is 7.33. The van der Waals surface area contributed by atoms with Crippen LogP contribution < -0.4 is 5.32 Å². The lowest BCUT2D eigenvalue weighted by Gasteiger charge is -2.47. The fourth-order valence-corrected chi connectivity index (χ4v) is 3.42.